The molecule has 0 spiro atoms. The normalized spacial score (nSPS) is 17.9. The van der Waals surface area contributed by atoms with Crippen molar-refractivity contribution in [1.29, 1.82) is 0 Å². The van der Waals surface area contributed by atoms with Crippen LogP contribution >= 0.6 is 23.7 Å². The Kier molecular flexibility index (Phi) is 5.73. The number of carbonyl (C=O) groups excluding carboxylic acids is 1. The van der Waals surface area contributed by atoms with Crippen molar-refractivity contribution in [3.05, 3.63) is 33.0 Å². The number of halogens is 1. The summed E-state index contributed by atoms with van der Waals surface area (Å²) in [6, 6.07) is 0. The predicted octanol–water partition coefficient (Wildman–Crippen LogP) is 1.20. The molecule has 9 heteroatoms. The van der Waals surface area contributed by atoms with Crippen LogP contribution in [0.2, 0.25) is 0 Å². The SMILES string of the molecule is Cc1ncc(CN2CCN(C(=O)c3n[nH]c4c3CNCC4)CC2)s1.Cl. The lowest BCUT2D eigenvalue weighted by Gasteiger charge is -2.34. The third-order valence-corrected chi connectivity index (χ3v) is 5.61. The van der Waals surface area contributed by atoms with Crippen molar-refractivity contribution in [2.75, 3.05) is 32.7 Å². The van der Waals surface area contributed by atoms with Gasteiger partial charge in [0.2, 0.25) is 0 Å². The van der Waals surface area contributed by atoms with E-state index in [9.17, 15) is 4.79 Å². The van der Waals surface area contributed by atoms with Gasteiger partial charge < -0.3 is 10.2 Å². The van der Waals surface area contributed by atoms with Gasteiger partial charge >= 0.3 is 0 Å². The van der Waals surface area contributed by atoms with Gasteiger partial charge in [0.05, 0.1) is 5.01 Å². The molecule has 0 aliphatic carbocycles. The fourth-order valence-corrected chi connectivity index (χ4v) is 4.20. The van der Waals surface area contributed by atoms with Crippen LogP contribution in [0.25, 0.3) is 0 Å². The summed E-state index contributed by atoms with van der Waals surface area (Å²) < 4.78 is 0. The van der Waals surface area contributed by atoms with Gasteiger partial charge in [0.25, 0.3) is 5.91 Å². The summed E-state index contributed by atoms with van der Waals surface area (Å²) in [5.74, 6) is 0.0597. The molecular weight excluding hydrogens is 360 g/mol. The lowest BCUT2D eigenvalue weighted by Crippen LogP contribution is -2.48. The summed E-state index contributed by atoms with van der Waals surface area (Å²) in [5.41, 5.74) is 2.76. The number of fused-ring (bicyclic) bond motifs is 1. The summed E-state index contributed by atoms with van der Waals surface area (Å²) in [4.78, 5) is 22.7. The van der Waals surface area contributed by atoms with E-state index >= 15 is 0 Å². The number of H-pyrrole nitrogens is 1. The molecule has 1 fully saturated rings. The van der Waals surface area contributed by atoms with Crippen molar-refractivity contribution in [2.24, 2.45) is 0 Å². The lowest BCUT2D eigenvalue weighted by atomic mass is 10.1. The van der Waals surface area contributed by atoms with Crippen molar-refractivity contribution in [2.45, 2.75) is 26.4 Å². The standard InChI is InChI=1S/C16H22N6OS.ClH/c1-11-18-8-12(24-11)10-21-4-6-22(7-5-21)16(23)15-13-9-17-3-2-14(13)19-20-15;/h8,17H,2-7,9-10H2,1H3,(H,19,20);1H. The third-order valence-electron chi connectivity index (χ3n) is 4.72. The Labute approximate surface area is 157 Å². The van der Waals surface area contributed by atoms with Crippen LogP contribution in [0.1, 0.15) is 31.6 Å². The molecule has 7 nitrogen and oxygen atoms in total. The van der Waals surface area contributed by atoms with Gasteiger partial charge in [-0.25, -0.2) is 4.98 Å². The predicted molar refractivity (Wildman–Crippen MR) is 99.3 cm³/mol. The number of nitrogens with zero attached hydrogens (tertiary/aromatic N) is 4. The van der Waals surface area contributed by atoms with Gasteiger partial charge in [-0.05, 0) is 6.92 Å². The quantitative estimate of drug-likeness (QED) is 0.834. The topological polar surface area (TPSA) is 77.2 Å². The molecule has 0 atom stereocenters. The molecule has 4 heterocycles. The van der Waals surface area contributed by atoms with Crippen molar-refractivity contribution in [3.8, 4) is 0 Å². The fraction of sp³-hybridized carbons (Fsp3) is 0.562. The highest BCUT2D eigenvalue weighted by Gasteiger charge is 2.28. The Bertz CT molecular complexity index is 737. The third kappa shape index (κ3) is 3.87. The van der Waals surface area contributed by atoms with Gasteiger partial charge in [0.1, 0.15) is 0 Å². The van der Waals surface area contributed by atoms with Crippen LogP contribution in [-0.4, -0.2) is 63.6 Å². The molecule has 0 bridgehead atoms. The number of hydrogen-bond donors (Lipinski definition) is 2. The average Bonchev–Trinajstić information content (AvgIpc) is 3.21. The van der Waals surface area contributed by atoms with Crippen molar-refractivity contribution in [3.63, 3.8) is 0 Å². The largest absolute Gasteiger partial charge is 0.335 e. The molecular formula is C16H23ClN6OS. The van der Waals surface area contributed by atoms with Crippen LogP contribution in [0.3, 0.4) is 0 Å². The van der Waals surface area contributed by atoms with E-state index in [0.717, 1.165) is 68.5 Å². The minimum absolute atomic E-state index is 0. The minimum atomic E-state index is 0. The molecule has 2 aliphatic rings. The van der Waals surface area contributed by atoms with Crippen molar-refractivity contribution in [1.82, 2.24) is 30.3 Å². The first-order valence-electron chi connectivity index (χ1n) is 8.40. The van der Waals surface area contributed by atoms with Crippen LogP contribution < -0.4 is 5.32 Å². The van der Waals surface area contributed by atoms with E-state index in [2.05, 4.69) is 25.4 Å². The van der Waals surface area contributed by atoms with E-state index in [1.54, 1.807) is 11.3 Å². The molecule has 0 saturated carbocycles. The minimum Gasteiger partial charge on any atom is -0.335 e. The Morgan fingerprint density at radius 2 is 2.12 bits per heavy atom. The zero-order valence-corrected chi connectivity index (χ0v) is 15.9. The van der Waals surface area contributed by atoms with Crippen LogP contribution in [-0.2, 0) is 19.5 Å². The number of nitrogens with one attached hydrogen (secondary N) is 2. The fourth-order valence-electron chi connectivity index (χ4n) is 3.36. The van der Waals surface area contributed by atoms with Crippen LogP contribution in [0.4, 0.5) is 0 Å². The summed E-state index contributed by atoms with van der Waals surface area (Å²) in [6.07, 6.45) is 2.87. The maximum Gasteiger partial charge on any atom is 0.274 e. The summed E-state index contributed by atoms with van der Waals surface area (Å²) in [5, 5.41) is 11.7. The van der Waals surface area contributed by atoms with Crippen LogP contribution in [0.15, 0.2) is 6.20 Å². The molecule has 2 aromatic rings. The first kappa shape index (κ1) is 18.3. The number of carbonyl (C=O) groups is 1. The second kappa shape index (κ2) is 7.82. The van der Waals surface area contributed by atoms with Crippen LogP contribution in [0, 0.1) is 6.92 Å². The highest BCUT2D eigenvalue weighted by Crippen LogP contribution is 2.19. The van der Waals surface area contributed by atoms with E-state index in [1.807, 2.05) is 18.0 Å². The summed E-state index contributed by atoms with van der Waals surface area (Å²) in [6.45, 7) is 7.94. The molecule has 136 valence electrons. The second-order valence-electron chi connectivity index (χ2n) is 6.37. The molecule has 2 aliphatic heterocycles. The number of aromatic amines is 1. The number of aromatic nitrogens is 3. The summed E-state index contributed by atoms with van der Waals surface area (Å²) in [7, 11) is 0. The average molecular weight is 383 g/mol. The van der Waals surface area contributed by atoms with Crippen molar-refractivity contribution >= 4 is 29.7 Å². The number of thiazole rings is 1. The summed E-state index contributed by atoms with van der Waals surface area (Å²) >= 11 is 1.75. The number of rotatable bonds is 3. The monoisotopic (exact) mass is 382 g/mol. The molecule has 1 amide bonds. The highest BCUT2D eigenvalue weighted by molar-refractivity contribution is 7.11. The lowest BCUT2D eigenvalue weighted by molar-refractivity contribution is 0.0622. The zero-order chi connectivity index (χ0) is 16.5. The Balaban J connectivity index is 0.00000182. The molecule has 4 rings (SSSR count). The first-order valence-corrected chi connectivity index (χ1v) is 9.22. The Hall–Kier alpha value is -1.48. The van der Waals surface area contributed by atoms with Gasteiger partial charge in [-0.3, -0.25) is 14.8 Å². The molecule has 0 unspecified atom stereocenters. The van der Waals surface area contributed by atoms with E-state index in [0.29, 0.717) is 5.69 Å². The van der Waals surface area contributed by atoms with E-state index in [4.69, 9.17) is 0 Å². The maximum absolute atomic E-state index is 12.8. The van der Waals surface area contributed by atoms with E-state index in [1.165, 1.54) is 4.88 Å². The number of piperazine rings is 1. The molecule has 2 aromatic heterocycles. The number of amides is 1. The molecule has 1 saturated heterocycles. The molecule has 0 aromatic carbocycles. The maximum atomic E-state index is 12.8. The Morgan fingerprint density at radius 3 is 2.84 bits per heavy atom. The molecule has 25 heavy (non-hydrogen) atoms. The number of aryl methyl sites for hydroxylation is 1. The molecule has 0 radical (unpaired) electrons. The Morgan fingerprint density at radius 1 is 1.32 bits per heavy atom. The van der Waals surface area contributed by atoms with E-state index in [-0.39, 0.29) is 18.3 Å². The van der Waals surface area contributed by atoms with E-state index < -0.39 is 0 Å². The van der Waals surface area contributed by atoms with Gasteiger partial charge in [-0.15, -0.1) is 23.7 Å². The van der Waals surface area contributed by atoms with Crippen molar-refractivity contribution < 1.29 is 4.79 Å². The second-order valence-corrected chi connectivity index (χ2v) is 7.69. The molecule has 2 N–H and O–H groups in total. The van der Waals surface area contributed by atoms with Gasteiger partial charge in [-0.1, -0.05) is 0 Å². The van der Waals surface area contributed by atoms with Gasteiger partial charge in [-0.2, -0.15) is 5.10 Å². The zero-order valence-electron chi connectivity index (χ0n) is 14.2. The smallest absolute Gasteiger partial charge is 0.274 e. The first-order chi connectivity index (χ1) is 11.7. The van der Waals surface area contributed by atoms with Crippen LogP contribution in [0.5, 0.6) is 0 Å². The highest BCUT2D eigenvalue weighted by atomic mass is 35.5. The van der Waals surface area contributed by atoms with Gasteiger partial charge in [0, 0.05) is 74.6 Å². The number of hydrogen-bond acceptors (Lipinski definition) is 6. The van der Waals surface area contributed by atoms with Gasteiger partial charge in [0.15, 0.2) is 5.69 Å².